The summed E-state index contributed by atoms with van der Waals surface area (Å²) in [6.45, 7) is 1.81. The first-order valence-electron chi connectivity index (χ1n) is 6.55. The lowest BCUT2D eigenvalue weighted by molar-refractivity contribution is -0.0225. The van der Waals surface area contributed by atoms with Gasteiger partial charge in [0.2, 0.25) is 0 Å². The van der Waals surface area contributed by atoms with Crippen LogP contribution in [0.3, 0.4) is 0 Å². The van der Waals surface area contributed by atoms with E-state index in [1.807, 2.05) is 18.2 Å². The van der Waals surface area contributed by atoms with Gasteiger partial charge in [0.15, 0.2) is 0 Å². The van der Waals surface area contributed by atoms with E-state index >= 15 is 0 Å². The first-order valence-corrected chi connectivity index (χ1v) is 7.34. The minimum Gasteiger partial charge on any atom is -0.383 e. The fraction of sp³-hybridized carbons (Fsp3) is 0.400. The summed E-state index contributed by atoms with van der Waals surface area (Å²) in [5.74, 6) is 0. The summed E-state index contributed by atoms with van der Waals surface area (Å²) >= 11 is 3.53. The third kappa shape index (κ3) is 2.29. The molecule has 4 heteroatoms. The summed E-state index contributed by atoms with van der Waals surface area (Å²) in [4.78, 5) is 6.76. The van der Waals surface area contributed by atoms with Crippen LogP contribution in [0.5, 0.6) is 0 Å². The number of benzene rings is 1. The van der Waals surface area contributed by atoms with Gasteiger partial charge in [-0.3, -0.25) is 4.98 Å². The van der Waals surface area contributed by atoms with E-state index in [0.29, 0.717) is 0 Å². The van der Waals surface area contributed by atoms with Crippen LogP contribution in [-0.2, 0) is 5.60 Å². The molecular weight excluding hydrogens is 304 g/mol. The lowest BCUT2D eigenvalue weighted by atomic mass is 9.85. The first kappa shape index (κ1) is 13.0. The highest BCUT2D eigenvalue weighted by Crippen LogP contribution is 2.36. The summed E-state index contributed by atoms with van der Waals surface area (Å²) in [5, 5.41) is 13.1. The number of nitrogens with zero attached hydrogens (tertiary/aromatic N) is 2. The SMILES string of the molecule is CN1CCC(O)(c2ncc(Br)c3ccccc23)CC1. The average Bonchev–Trinajstić information content (AvgIpc) is 2.43. The lowest BCUT2D eigenvalue weighted by Gasteiger charge is -2.36. The Morgan fingerprint density at radius 1 is 1.21 bits per heavy atom. The van der Waals surface area contributed by atoms with Gasteiger partial charge in [-0.25, -0.2) is 0 Å². The Morgan fingerprint density at radius 3 is 2.53 bits per heavy atom. The number of hydrogen-bond acceptors (Lipinski definition) is 3. The molecule has 1 aliphatic rings. The van der Waals surface area contributed by atoms with Crippen LogP contribution in [0, 0.1) is 0 Å². The normalized spacial score (nSPS) is 19.7. The van der Waals surface area contributed by atoms with Crippen molar-refractivity contribution in [3.63, 3.8) is 0 Å². The largest absolute Gasteiger partial charge is 0.383 e. The first-order chi connectivity index (χ1) is 9.10. The van der Waals surface area contributed by atoms with E-state index in [-0.39, 0.29) is 0 Å². The summed E-state index contributed by atoms with van der Waals surface area (Å²) in [6, 6.07) is 8.11. The average molecular weight is 321 g/mol. The smallest absolute Gasteiger partial charge is 0.110 e. The van der Waals surface area contributed by atoms with E-state index in [1.54, 1.807) is 6.20 Å². The fourth-order valence-corrected chi connectivity index (χ4v) is 3.20. The third-order valence-electron chi connectivity index (χ3n) is 4.00. The van der Waals surface area contributed by atoms with Crippen LogP contribution in [0.15, 0.2) is 34.9 Å². The molecule has 0 spiro atoms. The maximum atomic E-state index is 10.9. The van der Waals surface area contributed by atoms with Crippen LogP contribution < -0.4 is 0 Å². The van der Waals surface area contributed by atoms with E-state index in [0.717, 1.165) is 46.9 Å². The Hall–Kier alpha value is -0.970. The van der Waals surface area contributed by atoms with Crippen molar-refractivity contribution in [3.8, 4) is 0 Å². The number of piperidine rings is 1. The Labute approximate surface area is 121 Å². The van der Waals surface area contributed by atoms with Gasteiger partial charge in [-0.1, -0.05) is 24.3 Å². The van der Waals surface area contributed by atoms with Crippen molar-refractivity contribution >= 4 is 26.7 Å². The topological polar surface area (TPSA) is 36.4 Å². The van der Waals surface area contributed by atoms with Crippen LogP contribution in [0.4, 0.5) is 0 Å². The van der Waals surface area contributed by atoms with Crippen molar-refractivity contribution in [2.24, 2.45) is 0 Å². The molecule has 1 N–H and O–H groups in total. The van der Waals surface area contributed by atoms with Crippen LogP contribution in [0.2, 0.25) is 0 Å². The zero-order valence-electron chi connectivity index (χ0n) is 10.9. The number of likely N-dealkylation sites (tertiary alicyclic amines) is 1. The zero-order chi connectivity index (χ0) is 13.5. The highest BCUT2D eigenvalue weighted by atomic mass is 79.9. The molecule has 1 aliphatic heterocycles. The summed E-state index contributed by atoms with van der Waals surface area (Å²) < 4.78 is 0.975. The molecular formula is C15H17BrN2O. The number of aromatic nitrogens is 1. The molecule has 100 valence electrons. The Kier molecular flexibility index (Phi) is 3.33. The molecule has 0 aliphatic carbocycles. The number of hydrogen-bond donors (Lipinski definition) is 1. The van der Waals surface area contributed by atoms with Crippen LogP contribution in [0.1, 0.15) is 18.5 Å². The molecule has 1 aromatic heterocycles. The molecule has 0 unspecified atom stereocenters. The minimum absolute atomic E-state index is 0.738. The molecule has 1 saturated heterocycles. The third-order valence-corrected chi connectivity index (χ3v) is 4.63. The van der Waals surface area contributed by atoms with Gasteiger partial charge in [0.1, 0.15) is 5.60 Å². The fourth-order valence-electron chi connectivity index (χ4n) is 2.75. The molecule has 0 amide bonds. The lowest BCUT2D eigenvalue weighted by Crippen LogP contribution is -2.41. The Morgan fingerprint density at radius 2 is 1.84 bits per heavy atom. The molecule has 0 saturated carbocycles. The highest BCUT2D eigenvalue weighted by Gasteiger charge is 2.35. The van der Waals surface area contributed by atoms with E-state index < -0.39 is 5.60 Å². The maximum Gasteiger partial charge on any atom is 0.110 e. The predicted molar refractivity (Wildman–Crippen MR) is 80.1 cm³/mol. The second-order valence-corrected chi connectivity index (χ2v) is 6.19. The van der Waals surface area contributed by atoms with Gasteiger partial charge in [0, 0.05) is 29.1 Å². The molecule has 0 bridgehead atoms. The van der Waals surface area contributed by atoms with Gasteiger partial charge in [-0.05, 0) is 41.2 Å². The summed E-state index contributed by atoms with van der Waals surface area (Å²) in [6.07, 6.45) is 3.28. The van der Waals surface area contributed by atoms with Crippen molar-refractivity contribution in [2.45, 2.75) is 18.4 Å². The van der Waals surface area contributed by atoms with Gasteiger partial charge in [-0.15, -0.1) is 0 Å². The molecule has 1 aromatic carbocycles. The second kappa shape index (κ2) is 4.85. The molecule has 2 heterocycles. The van der Waals surface area contributed by atoms with Crippen molar-refractivity contribution in [3.05, 3.63) is 40.6 Å². The van der Waals surface area contributed by atoms with Crippen molar-refractivity contribution in [1.82, 2.24) is 9.88 Å². The molecule has 0 radical (unpaired) electrons. The predicted octanol–water partition coefficient (Wildman–Crippen LogP) is 2.91. The summed E-state index contributed by atoms with van der Waals surface area (Å²) in [5.41, 5.74) is 0.0201. The van der Waals surface area contributed by atoms with Crippen LogP contribution >= 0.6 is 15.9 Å². The number of rotatable bonds is 1. The molecule has 2 aromatic rings. The van der Waals surface area contributed by atoms with E-state index in [1.165, 1.54) is 0 Å². The van der Waals surface area contributed by atoms with Gasteiger partial charge in [0.25, 0.3) is 0 Å². The molecule has 3 nitrogen and oxygen atoms in total. The number of fused-ring (bicyclic) bond motifs is 1. The molecule has 0 atom stereocenters. The standard InChI is InChI=1S/C15H17BrN2O/c1-18-8-6-15(19,7-9-18)14-12-5-3-2-4-11(12)13(16)10-17-14/h2-5,10,19H,6-9H2,1H3. The van der Waals surface area contributed by atoms with Gasteiger partial charge >= 0.3 is 0 Å². The van der Waals surface area contributed by atoms with Crippen LogP contribution in [0.25, 0.3) is 10.8 Å². The highest BCUT2D eigenvalue weighted by molar-refractivity contribution is 9.10. The van der Waals surface area contributed by atoms with Gasteiger partial charge < -0.3 is 10.0 Å². The van der Waals surface area contributed by atoms with Crippen molar-refractivity contribution in [1.29, 1.82) is 0 Å². The molecule has 3 rings (SSSR count). The van der Waals surface area contributed by atoms with E-state index in [4.69, 9.17) is 0 Å². The summed E-state index contributed by atoms with van der Waals surface area (Å²) in [7, 11) is 2.09. The zero-order valence-corrected chi connectivity index (χ0v) is 12.5. The minimum atomic E-state index is -0.799. The van der Waals surface area contributed by atoms with Gasteiger partial charge in [-0.2, -0.15) is 0 Å². The molecule has 1 fully saturated rings. The number of aliphatic hydroxyl groups is 1. The Bertz CT molecular complexity index is 606. The van der Waals surface area contributed by atoms with Crippen molar-refractivity contribution in [2.75, 3.05) is 20.1 Å². The molecule has 19 heavy (non-hydrogen) atoms. The van der Waals surface area contributed by atoms with E-state index in [9.17, 15) is 5.11 Å². The number of halogens is 1. The van der Waals surface area contributed by atoms with Crippen LogP contribution in [-0.4, -0.2) is 35.1 Å². The van der Waals surface area contributed by atoms with E-state index in [2.05, 4.69) is 38.9 Å². The number of pyridine rings is 1. The quantitative estimate of drug-likeness (QED) is 0.877. The second-order valence-electron chi connectivity index (χ2n) is 5.34. The Balaban J connectivity index is 2.13. The maximum absolute atomic E-state index is 10.9. The van der Waals surface area contributed by atoms with Crippen molar-refractivity contribution < 1.29 is 5.11 Å². The monoisotopic (exact) mass is 320 g/mol. The van der Waals surface area contributed by atoms with Gasteiger partial charge in [0.05, 0.1) is 5.69 Å².